The van der Waals surface area contributed by atoms with Gasteiger partial charge in [0.2, 0.25) is 0 Å². The molecule has 0 aromatic heterocycles. The van der Waals surface area contributed by atoms with Gasteiger partial charge in [0.1, 0.15) is 0 Å². The number of hydrogen-bond acceptors (Lipinski definition) is 1. The number of rotatable bonds is 1. The van der Waals surface area contributed by atoms with Crippen LogP contribution in [0.15, 0.2) is 11.1 Å². The predicted molar refractivity (Wildman–Crippen MR) is 34.3 cm³/mol. The molecule has 1 N–H and O–H groups in total. The third kappa shape index (κ3) is 1.81. The van der Waals surface area contributed by atoms with Crippen molar-refractivity contribution < 1.29 is 5.11 Å². The van der Waals surface area contributed by atoms with E-state index in [0.717, 1.165) is 11.1 Å². The largest absolute Gasteiger partial charge is 0.392 e. The maximum atomic E-state index is 8.48. The average Bonchev–Trinajstić information content (AvgIpc) is 1.84. The number of aliphatic hydroxyl groups excluding tert-OH is 1. The van der Waals surface area contributed by atoms with E-state index in [1.807, 2.05) is 13.8 Å². The third-order valence-corrected chi connectivity index (χ3v) is 1.09. The van der Waals surface area contributed by atoms with Crippen molar-refractivity contribution in [2.24, 2.45) is 0 Å². The van der Waals surface area contributed by atoms with Gasteiger partial charge >= 0.3 is 0 Å². The minimum atomic E-state index is 0.0655. The summed E-state index contributed by atoms with van der Waals surface area (Å²) >= 11 is 0. The summed E-state index contributed by atoms with van der Waals surface area (Å²) < 4.78 is 0. The Bertz CT molecular complexity index is 137. The van der Waals surface area contributed by atoms with Crippen LogP contribution in [0.1, 0.15) is 13.8 Å². The summed E-state index contributed by atoms with van der Waals surface area (Å²) in [6, 6.07) is 0. The fraction of sp³-hybridized carbons (Fsp3) is 0.429. The molecule has 0 aliphatic rings. The Morgan fingerprint density at radius 2 is 2.12 bits per heavy atom. The van der Waals surface area contributed by atoms with Crippen LogP contribution in [0.25, 0.3) is 0 Å². The molecule has 8 heavy (non-hydrogen) atoms. The number of hydrogen-bond donors (Lipinski definition) is 1. The van der Waals surface area contributed by atoms with Crippen molar-refractivity contribution in [2.75, 3.05) is 6.61 Å². The fourth-order valence-electron chi connectivity index (χ4n) is 0.242. The van der Waals surface area contributed by atoms with E-state index in [4.69, 9.17) is 11.5 Å². The fourth-order valence-corrected chi connectivity index (χ4v) is 0.242. The van der Waals surface area contributed by atoms with E-state index in [0.29, 0.717) is 0 Å². The van der Waals surface area contributed by atoms with E-state index in [2.05, 4.69) is 5.92 Å². The van der Waals surface area contributed by atoms with E-state index >= 15 is 0 Å². The summed E-state index contributed by atoms with van der Waals surface area (Å²) in [4.78, 5) is 0. The molecular formula is C7H10O. The van der Waals surface area contributed by atoms with Gasteiger partial charge in [-0.1, -0.05) is 5.92 Å². The van der Waals surface area contributed by atoms with Crippen molar-refractivity contribution in [3.63, 3.8) is 0 Å². The molecule has 44 valence electrons. The van der Waals surface area contributed by atoms with Gasteiger partial charge in [0.25, 0.3) is 0 Å². The van der Waals surface area contributed by atoms with Crippen molar-refractivity contribution in [2.45, 2.75) is 13.8 Å². The van der Waals surface area contributed by atoms with Crippen molar-refractivity contribution >= 4 is 0 Å². The van der Waals surface area contributed by atoms with Crippen LogP contribution < -0.4 is 0 Å². The molecule has 0 spiro atoms. The Labute approximate surface area is 50.0 Å². The zero-order valence-corrected chi connectivity index (χ0v) is 5.23. The van der Waals surface area contributed by atoms with Crippen LogP contribution in [-0.2, 0) is 0 Å². The zero-order chi connectivity index (χ0) is 6.57. The van der Waals surface area contributed by atoms with Gasteiger partial charge in [0.15, 0.2) is 0 Å². The standard InChI is InChI=1S/C7H10O/c1-4-6(2)7(3)5-8/h1,8H,5H2,2-3H3. The molecule has 0 unspecified atom stereocenters. The molecule has 0 aliphatic carbocycles. The summed E-state index contributed by atoms with van der Waals surface area (Å²) in [5, 5.41) is 8.48. The highest BCUT2D eigenvalue weighted by molar-refractivity contribution is 5.27. The van der Waals surface area contributed by atoms with Crippen LogP contribution in [-0.4, -0.2) is 11.7 Å². The summed E-state index contributed by atoms with van der Waals surface area (Å²) in [7, 11) is 0. The molecule has 0 radical (unpaired) electrons. The average molecular weight is 110 g/mol. The lowest BCUT2D eigenvalue weighted by atomic mass is 10.2. The second-order valence-corrected chi connectivity index (χ2v) is 1.71. The van der Waals surface area contributed by atoms with E-state index in [-0.39, 0.29) is 6.61 Å². The molecule has 0 heterocycles. The molecule has 0 aromatic carbocycles. The predicted octanol–water partition coefficient (Wildman–Crippen LogP) is 0.948. The lowest BCUT2D eigenvalue weighted by Crippen LogP contribution is -1.86. The molecule has 0 atom stereocenters. The number of terminal acetylenes is 1. The van der Waals surface area contributed by atoms with Crippen LogP contribution in [0.2, 0.25) is 0 Å². The second kappa shape index (κ2) is 3.29. The van der Waals surface area contributed by atoms with Crippen LogP contribution >= 0.6 is 0 Å². The van der Waals surface area contributed by atoms with E-state index in [1.165, 1.54) is 0 Å². The van der Waals surface area contributed by atoms with Gasteiger partial charge in [-0.25, -0.2) is 0 Å². The molecule has 0 bridgehead atoms. The van der Waals surface area contributed by atoms with Gasteiger partial charge in [-0.3, -0.25) is 0 Å². The van der Waals surface area contributed by atoms with Crippen LogP contribution in [0.3, 0.4) is 0 Å². The monoisotopic (exact) mass is 110 g/mol. The first-order valence-corrected chi connectivity index (χ1v) is 2.46. The van der Waals surface area contributed by atoms with Crippen molar-refractivity contribution in [3.8, 4) is 12.3 Å². The van der Waals surface area contributed by atoms with Gasteiger partial charge in [-0.15, -0.1) is 6.42 Å². The Kier molecular flexibility index (Phi) is 2.98. The summed E-state index contributed by atoms with van der Waals surface area (Å²) in [6.45, 7) is 3.69. The Morgan fingerprint density at radius 3 is 2.25 bits per heavy atom. The Hall–Kier alpha value is -0.740. The Balaban J connectivity index is 4.10. The molecular weight excluding hydrogens is 100 g/mol. The second-order valence-electron chi connectivity index (χ2n) is 1.71. The van der Waals surface area contributed by atoms with Gasteiger partial charge in [-0.2, -0.15) is 0 Å². The highest BCUT2D eigenvalue weighted by atomic mass is 16.3. The molecule has 0 saturated carbocycles. The topological polar surface area (TPSA) is 20.2 Å². The van der Waals surface area contributed by atoms with Crippen molar-refractivity contribution in [3.05, 3.63) is 11.1 Å². The van der Waals surface area contributed by atoms with Gasteiger partial charge < -0.3 is 5.11 Å². The molecule has 0 rings (SSSR count). The highest BCUT2D eigenvalue weighted by Crippen LogP contribution is 1.98. The van der Waals surface area contributed by atoms with Gasteiger partial charge in [0.05, 0.1) is 6.61 Å². The minimum absolute atomic E-state index is 0.0655. The third-order valence-electron chi connectivity index (χ3n) is 1.09. The Morgan fingerprint density at radius 1 is 1.62 bits per heavy atom. The van der Waals surface area contributed by atoms with Gasteiger partial charge in [-0.05, 0) is 25.0 Å². The first-order chi connectivity index (χ1) is 3.72. The van der Waals surface area contributed by atoms with Crippen LogP contribution in [0.4, 0.5) is 0 Å². The molecule has 1 nitrogen and oxygen atoms in total. The summed E-state index contributed by atoms with van der Waals surface area (Å²) in [6.07, 6.45) is 5.03. The highest BCUT2D eigenvalue weighted by Gasteiger charge is 1.87. The zero-order valence-electron chi connectivity index (χ0n) is 5.23. The van der Waals surface area contributed by atoms with E-state index in [9.17, 15) is 0 Å². The van der Waals surface area contributed by atoms with E-state index in [1.54, 1.807) is 0 Å². The SMILES string of the molecule is C#CC(C)=C(C)CO. The molecule has 0 fully saturated rings. The first kappa shape index (κ1) is 7.26. The molecule has 0 saturated heterocycles. The maximum Gasteiger partial charge on any atom is 0.0650 e. The van der Waals surface area contributed by atoms with Crippen molar-refractivity contribution in [1.82, 2.24) is 0 Å². The van der Waals surface area contributed by atoms with Crippen molar-refractivity contribution in [1.29, 1.82) is 0 Å². The lowest BCUT2D eigenvalue weighted by molar-refractivity contribution is 0.330. The normalized spacial score (nSPS) is 12.2. The lowest BCUT2D eigenvalue weighted by Gasteiger charge is -1.93. The summed E-state index contributed by atoms with van der Waals surface area (Å²) in [5.41, 5.74) is 1.69. The smallest absolute Gasteiger partial charge is 0.0650 e. The maximum absolute atomic E-state index is 8.48. The molecule has 0 amide bonds. The van der Waals surface area contributed by atoms with Crippen LogP contribution in [0.5, 0.6) is 0 Å². The molecule has 0 aliphatic heterocycles. The summed E-state index contributed by atoms with van der Waals surface area (Å²) in [5.74, 6) is 2.44. The van der Waals surface area contributed by atoms with Crippen LogP contribution in [0, 0.1) is 12.3 Å². The number of aliphatic hydroxyl groups is 1. The minimum Gasteiger partial charge on any atom is -0.392 e. The van der Waals surface area contributed by atoms with Gasteiger partial charge in [0, 0.05) is 0 Å². The molecule has 0 aromatic rings. The van der Waals surface area contributed by atoms with E-state index < -0.39 is 0 Å². The molecule has 1 heteroatoms. The number of allylic oxidation sites excluding steroid dienone is 1. The first-order valence-electron chi connectivity index (χ1n) is 2.46. The quantitative estimate of drug-likeness (QED) is 0.498.